The number of nitrogens with zero attached hydrogens (tertiary/aromatic N) is 1. The molecule has 5 heteroatoms. The predicted octanol–water partition coefficient (Wildman–Crippen LogP) is 2.94. The zero-order chi connectivity index (χ0) is 17.2. The van der Waals surface area contributed by atoms with Crippen LogP contribution in [0.25, 0.3) is 0 Å². The van der Waals surface area contributed by atoms with Crippen molar-refractivity contribution in [3.63, 3.8) is 0 Å². The summed E-state index contributed by atoms with van der Waals surface area (Å²) in [5.74, 6) is 1.81. The Morgan fingerprint density at radius 3 is 2.25 bits per heavy atom. The van der Waals surface area contributed by atoms with Gasteiger partial charge in [-0.15, -0.1) is 0 Å². The van der Waals surface area contributed by atoms with Gasteiger partial charge in [0.15, 0.2) is 0 Å². The third-order valence-electron chi connectivity index (χ3n) is 6.34. The van der Waals surface area contributed by atoms with Gasteiger partial charge in [-0.2, -0.15) is 5.26 Å². The first-order chi connectivity index (χ1) is 11.6. The van der Waals surface area contributed by atoms with Gasteiger partial charge in [-0.25, -0.2) is 4.79 Å². The Kier molecular flexibility index (Phi) is 5.12. The highest BCUT2D eigenvalue weighted by molar-refractivity contribution is 5.88. The van der Waals surface area contributed by atoms with Gasteiger partial charge in [-0.3, -0.25) is 4.79 Å². The number of unbranched alkanes of at least 4 members (excludes halogenated alkanes) is 2. The van der Waals surface area contributed by atoms with Crippen molar-refractivity contribution in [1.82, 2.24) is 5.32 Å². The quantitative estimate of drug-likeness (QED) is 0.574. The van der Waals surface area contributed by atoms with Crippen molar-refractivity contribution in [2.45, 2.75) is 70.3 Å². The van der Waals surface area contributed by atoms with Crippen molar-refractivity contribution in [1.29, 1.82) is 5.26 Å². The lowest BCUT2D eigenvalue weighted by molar-refractivity contribution is -0.153. The Balaban J connectivity index is 1.62. The third kappa shape index (κ3) is 3.43. The SMILES string of the molecule is COC(=O)[C@H](CCCCC#N)NC(=O)C12CC3CC(CC(C3)C1)C2. The summed E-state index contributed by atoms with van der Waals surface area (Å²) in [4.78, 5) is 25.1. The molecule has 0 radical (unpaired) electrons. The minimum absolute atomic E-state index is 0.0669. The van der Waals surface area contributed by atoms with Crippen LogP contribution in [-0.4, -0.2) is 25.0 Å². The predicted molar refractivity (Wildman–Crippen MR) is 88.6 cm³/mol. The molecule has 4 fully saturated rings. The Bertz CT molecular complexity index is 502. The molecular weight excluding hydrogens is 304 g/mol. The van der Waals surface area contributed by atoms with Gasteiger partial charge in [0, 0.05) is 11.8 Å². The van der Waals surface area contributed by atoms with Crippen molar-refractivity contribution < 1.29 is 14.3 Å². The van der Waals surface area contributed by atoms with Gasteiger partial charge in [0.2, 0.25) is 5.91 Å². The number of methoxy groups -OCH3 is 1. The molecule has 4 rings (SSSR count). The molecule has 0 aromatic carbocycles. The molecular formula is C19H28N2O3. The van der Waals surface area contributed by atoms with E-state index in [-0.39, 0.29) is 17.3 Å². The molecule has 0 spiro atoms. The topological polar surface area (TPSA) is 79.2 Å². The number of esters is 1. The standard InChI is InChI=1S/C19H28N2O3/c1-24-17(22)16(5-3-2-4-6-20)21-18(23)19-10-13-7-14(11-19)9-15(8-13)12-19/h13-16H,2-5,7-12H2,1H3,(H,21,23)/t13?,14?,15?,16-,19?/m0/s1. The van der Waals surface area contributed by atoms with Crippen LogP contribution in [0.5, 0.6) is 0 Å². The van der Waals surface area contributed by atoms with Crippen LogP contribution in [0.4, 0.5) is 0 Å². The number of nitriles is 1. The van der Waals surface area contributed by atoms with E-state index in [1.165, 1.54) is 26.4 Å². The van der Waals surface area contributed by atoms with Gasteiger partial charge in [0.25, 0.3) is 0 Å². The van der Waals surface area contributed by atoms with Gasteiger partial charge in [0.05, 0.1) is 13.2 Å². The number of hydrogen-bond donors (Lipinski definition) is 1. The van der Waals surface area contributed by atoms with Crippen LogP contribution < -0.4 is 5.32 Å². The highest BCUT2D eigenvalue weighted by atomic mass is 16.5. The molecule has 0 unspecified atom stereocenters. The van der Waals surface area contributed by atoms with E-state index in [0.29, 0.717) is 30.6 Å². The average molecular weight is 332 g/mol. The molecule has 4 saturated carbocycles. The van der Waals surface area contributed by atoms with Crippen LogP contribution in [0.15, 0.2) is 0 Å². The number of carbonyl (C=O) groups is 2. The summed E-state index contributed by atoms with van der Waals surface area (Å²) in [6.07, 6.45) is 9.38. The molecule has 0 saturated heterocycles. The van der Waals surface area contributed by atoms with Gasteiger partial charge in [-0.05, 0) is 75.5 Å². The van der Waals surface area contributed by atoms with E-state index >= 15 is 0 Å². The molecule has 4 aliphatic rings. The molecule has 4 bridgehead atoms. The summed E-state index contributed by atoms with van der Waals surface area (Å²) in [5, 5.41) is 11.6. The van der Waals surface area contributed by atoms with E-state index in [1.807, 2.05) is 0 Å². The molecule has 0 aliphatic heterocycles. The minimum atomic E-state index is -0.575. The maximum absolute atomic E-state index is 13.0. The van der Waals surface area contributed by atoms with Crippen molar-refractivity contribution in [3.05, 3.63) is 0 Å². The lowest BCUT2D eigenvalue weighted by atomic mass is 9.49. The van der Waals surface area contributed by atoms with E-state index in [9.17, 15) is 9.59 Å². The summed E-state index contributed by atoms with van der Waals surface area (Å²) in [7, 11) is 1.36. The van der Waals surface area contributed by atoms with Crippen molar-refractivity contribution in [2.75, 3.05) is 7.11 Å². The van der Waals surface area contributed by atoms with E-state index in [1.54, 1.807) is 0 Å². The maximum Gasteiger partial charge on any atom is 0.328 e. The fourth-order valence-corrected chi connectivity index (χ4v) is 5.64. The summed E-state index contributed by atoms with van der Waals surface area (Å²) in [5.41, 5.74) is -0.242. The first kappa shape index (κ1) is 17.3. The number of nitrogens with one attached hydrogen (secondary N) is 1. The lowest BCUT2D eigenvalue weighted by Gasteiger charge is -2.55. The van der Waals surface area contributed by atoms with Crippen LogP contribution >= 0.6 is 0 Å². The fraction of sp³-hybridized carbons (Fsp3) is 0.842. The Hall–Kier alpha value is -1.57. The summed E-state index contributed by atoms with van der Waals surface area (Å²) in [6, 6.07) is 1.54. The second kappa shape index (κ2) is 7.13. The van der Waals surface area contributed by atoms with Crippen LogP contribution in [0, 0.1) is 34.5 Å². The van der Waals surface area contributed by atoms with Crippen LogP contribution in [0.3, 0.4) is 0 Å². The Labute approximate surface area is 144 Å². The molecule has 132 valence electrons. The number of hydrogen-bond acceptors (Lipinski definition) is 4. The van der Waals surface area contributed by atoms with Crippen molar-refractivity contribution in [2.24, 2.45) is 23.2 Å². The molecule has 1 N–H and O–H groups in total. The number of carbonyl (C=O) groups excluding carboxylic acids is 2. The molecule has 0 aromatic heterocycles. The first-order valence-corrected chi connectivity index (χ1v) is 9.32. The average Bonchev–Trinajstić information content (AvgIpc) is 2.55. The van der Waals surface area contributed by atoms with Gasteiger partial charge < -0.3 is 10.1 Å². The third-order valence-corrected chi connectivity index (χ3v) is 6.34. The second-order valence-corrected chi connectivity index (χ2v) is 8.15. The van der Waals surface area contributed by atoms with Crippen LogP contribution in [-0.2, 0) is 14.3 Å². The molecule has 1 amide bonds. The van der Waals surface area contributed by atoms with Crippen molar-refractivity contribution >= 4 is 11.9 Å². The number of rotatable bonds is 7. The zero-order valence-corrected chi connectivity index (χ0v) is 14.6. The normalized spacial score (nSPS) is 34.4. The summed E-state index contributed by atoms with van der Waals surface area (Å²) >= 11 is 0. The highest BCUT2D eigenvalue weighted by Crippen LogP contribution is 2.60. The maximum atomic E-state index is 13.0. The minimum Gasteiger partial charge on any atom is -0.467 e. The Morgan fingerprint density at radius 1 is 1.17 bits per heavy atom. The van der Waals surface area contributed by atoms with Gasteiger partial charge in [0.1, 0.15) is 6.04 Å². The molecule has 0 heterocycles. The zero-order valence-electron chi connectivity index (χ0n) is 14.6. The van der Waals surface area contributed by atoms with E-state index < -0.39 is 6.04 Å². The molecule has 1 atom stereocenters. The van der Waals surface area contributed by atoms with Gasteiger partial charge >= 0.3 is 5.97 Å². The second-order valence-electron chi connectivity index (χ2n) is 8.15. The first-order valence-electron chi connectivity index (χ1n) is 9.32. The monoisotopic (exact) mass is 332 g/mol. The fourth-order valence-electron chi connectivity index (χ4n) is 5.64. The van der Waals surface area contributed by atoms with E-state index in [0.717, 1.165) is 32.1 Å². The number of amides is 1. The van der Waals surface area contributed by atoms with Crippen LogP contribution in [0.2, 0.25) is 0 Å². The molecule has 0 aromatic rings. The molecule has 4 aliphatic carbocycles. The van der Waals surface area contributed by atoms with Crippen LogP contribution in [0.1, 0.15) is 64.2 Å². The van der Waals surface area contributed by atoms with Crippen molar-refractivity contribution in [3.8, 4) is 6.07 Å². The van der Waals surface area contributed by atoms with E-state index in [2.05, 4.69) is 11.4 Å². The van der Waals surface area contributed by atoms with Gasteiger partial charge in [-0.1, -0.05) is 0 Å². The molecule has 24 heavy (non-hydrogen) atoms. The summed E-state index contributed by atoms with van der Waals surface area (Å²) < 4.78 is 4.87. The number of ether oxygens (including phenoxy) is 1. The summed E-state index contributed by atoms with van der Waals surface area (Å²) in [6.45, 7) is 0. The lowest BCUT2D eigenvalue weighted by Crippen LogP contribution is -2.56. The largest absolute Gasteiger partial charge is 0.467 e. The van der Waals surface area contributed by atoms with E-state index in [4.69, 9.17) is 10.00 Å². The highest BCUT2D eigenvalue weighted by Gasteiger charge is 2.54. The Morgan fingerprint density at radius 2 is 1.75 bits per heavy atom. The smallest absolute Gasteiger partial charge is 0.328 e. The molecule has 5 nitrogen and oxygen atoms in total.